The number of pyridine rings is 1. The lowest BCUT2D eigenvalue weighted by molar-refractivity contribution is -0.208. The molecule has 3 amide bonds. The highest BCUT2D eigenvalue weighted by Crippen LogP contribution is 2.31. The smallest absolute Gasteiger partial charge is 0.489 e. The van der Waals surface area contributed by atoms with Crippen molar-refractivity contribution in [1.29, 1.82) is 0 Å². The fraction of sp³-hybridized carbons (Fsp3) is 0.367. The van der Waals surface area contributed by atoms with Crippen LogP contribution in [0.3, 0.4) is 0 Å². The van der Waals surface area contributed by atoms with Crippen molar-refractivity contribution in [2.75, 3.05) is 13.1 Å². The zero-order valence-corrected chi connectivity index (χ0v) is 23.1. The van der Waals surface area contributed by atoms with E-state index in [1.165, 1.54) is 22.5 Å². The van der Waals surface area contributed by atoms with Crippen molar-refractivity contribution in [1.82, 2.24) is 20.7 Å². The molecule has 13 heteroatoms. The normalized spacial score (nSPS) is 18.6. The number of aryl methyl sites for hydroxylation is 1. The number of alkyl halides is 3. The Kier molecular flexibility index (Phi) is 8.51. The second-order valence-electron chi connectivity index (χ2n) is 10.7. The molecule has 1 aliphatic carbocycles. The molecule has 3 aromatic rings. The number of halogens is 3. The molecule has 0 unspecified atom stereocenters. The van der Waals surface area contributed by atoms with E-state index in [4.69, 9.17) is 4.74 Å². The number of nitrogens with one attached hydrogen (secondary N) is 2. The maximum Gasteiger partial charge on any atom is 0.493 e. The van der Waals surface area contributed by atoms with Crippen molar-refractivity contribution in [3.05, 3.63) is 71.4 Å². The molecule has 2 aliphatic rings. The van der Waals surface area contributed by atoms with Crippen LogP contribution >= 0.6 is 0 Å². The molecule has 0 bridgehead atoms. The molecule has 2 atom stereocenters. The number of likely N-dealkylation sites (tertiary alicyclic amines) is 1. The molecule has 2 aromatic carbocycles. The van der Waals surface area contributed by atoms with Gasteiger partial charge in [-0.15, -0.1) is 0 Å². The first-order valence-corrected chi connectivity index (χ1v) is 13.7. The molecule has 1 aromatic heterocycles. The van der Waals surface area contributed by atoms with Gasteiger partial charge in [0.2, 0.25) is 5.91 Å². The summed E-state index contributed by atoms with van der Waals surface area (Å²) in [6.07, 6.45) is -2.99. The molecule has 5 rings (SSSR count). The molecule has 1 saturated carbocycles. The van der Waals surface area contributed by atoms with E-state index in [9.17, 15) is 32.3 Å². The Balaban J connectivity index is 1.23. The third kappa shape index (κ3) is 6.87. The zero-order valence-electron chi connectivity index (χ0n) is 23.1. The molecular weight excluding hydrogens is 569 g/mol. The molecule has 43 heavy (non-hydrogen) atoms. The van der Waals surface area contributed by atoms with Crippen LogP contribution in [0.25, 0.3) is 10.9 Å². The number of amides is 3. The van der Waals surface area contributed by atoms with Crippen molar-refractivity contribution in [2.24, 2.45) is 11.8 Å². The molecule has 2 heterocycles. The Bertz CT molecular complexity index is 1540. The standard InChI is InChI=1S/C30H29F3N4O6/c1-17-13-20(22-7-2-3-8-24(22)34-17)16-42-21-11-9-18(10-12-21)26(38)35-25-15-37(28(40)19-5-4-6-19)14-23(25)27(39)36-43-29(41)30(31,32)33/h2-3,7-13,19,23,25H,4-6,14-16H2,1H3,(H,35,38)(H,36,39)/t23-,25+/m0/s1. The molecule has 2 N–H and O–H groups in total. The van der Waals surface area contributed by atoms with Crippen molar-refractivity contribution < 1.29 is 41.9 Å². The van der Waals surface area contributed by atoms with Crippen LogP contribution < -0.4 is 15.5 Å². The van der Waals surface area contributed by atoms with Crippen LogP contribution in [0.2, 0.25) is 0 Å². The minimum atomic E-state index is -5.30. The summed E-state index contributed by atoms with van der Waals surface area (Å²) in [5.41, 5.74) is 4.43. The first kappa shape index (κ1) is 29.8. The van der Waals surface area contributed by atoms with Gasteiger partial charge in [-0.2, -0.15) is 18.7 Å². The molecule has 0 spiro atoms. The summed E-state index contributed by atoms with van der Waals surface area (Å²) < 4.78 is 43.5. The van der Waals surface area contributed by atoms with Gasteiger partial charge in [0.05, 0.1) is 17.5 Å². The quantitative estimate of drug-likeness (QED) is 0.398. The Morgan fingerprint density at radius 3 is 2.42 bits per heavy atom. The number of rotatable bonds is 7. The van der Waals surface area contributed by atoms with Crippen molar-refractivity contribution >= 4 is 34.6 Å². The van der Waals surface area contributed by atoms with Crippen LogP contribution in [0.5, 0.6) is 5.75 Å². The molecular formula is C30H29F3N4O6. The topological polar surface area (TPSA) is 127 Å². The summed E-state index contributed by atoms with van der Waals surface area (Å²) in [4.78, 5) is 59.5. The predicted octanol–water partition coefficient (Wildman–Crippen LogP) is 3.62. The van der Waals surface area contributed by atoms with Gasteiger partial charge in [-0.3, -0.25) is 19.4 Å². The summed E-state index contributed by atoms with van der Waals surface area (Å²) in [6.45, 7) is 2.01. The first-order chi connectivity index (χ1) is 20.5. The van der Waals surface area contributed by atoms with Crippen LogP contribution in [-0.2, 0) is 25.8 Å². The van der Waals surface area contributed by atoms with Gasteiger partial charge in [-0.25, -0.2) is 4.79 Å². The number of hydroxylamine groups is 1. The highest BCUT2D eigenvalue weighted by Gasteiger charge is 2.45. The largest absolute Gasteiger partial charge is 0.493 e. The summed E-state index contributed by atoms with van der Waals surface area (Å²) in [6, 6.07) is 15.0. The SMILES string of the molecule is Cc1cc(COc2ccc(C(=O)N[C@@H]3CN(C(=O)C4CCC4)C[C@@H]3C(=O)NOC(=O)C(F)(F)F)cc2)c2ccccc2n1. The number of benzene rings is 2. The van der Waals surface area contributed by atoms with Crippen LogP contribution in [0.4, 0.5) is 13.2 Å². The molecule has 0 radical (unpaired) electrons. The number of ether oxygens (including phenoxy) is 1. The number of nitrogens with zero attached hydrogens (tertiary/aromatic N) is 2. The van der Waals surface area contributed by atoms with Gasteiger partial charge in [0.25, 0.3) is 11.8 Å². The van der Waals surface area contributed by atoms with Crippen molar-refractivity contribution in [3.8, 4) is 5.75 Å². The van der Waals surface area contributed by atoms with E-state index in [2.05, 4.69) is 15.1 Å². The first-order valence-electron chi connectivity index (χ1n) is 13.7. The van der Waals surface area contributed by atoms with Gasteiger partial charge >= 0.3 is 12.1 Å². The Morgan fingerprint density at radius 1 is 1.02 bits per heavy atom. The van der Waals surface area contributed by atoms with Gasteiger partial charge in [-0.1, -0.05) is 24.6 Å². The monoisotopic (exact) mass is 598 g/mol. The van der Waals surface area contributed by atoms with E-state index in [-0.39, 0.29) is 37.1 Å². The van der Waals surface area contributed by atoms with Gasteiger partial charge in [0.15, 0.2) is 0 Å². The second kappa shape index (κ2) is 12.3. The van der Waals surface area contributed by atoms with Gasteiger partial charge in [0.1, 0.15) is 12.4 Å². The number of carbonyl (C=O) groups excluding carboxylic acids is 4. The number of hydrogen-bond donors (Lipinski definition) is 2. The van der Waals surface area contributed by atoms with Crippen LogP contribution in [0.15, 0.2) is 54.6 Å². The minimum Gasteiger partial charge on any atom is -0.489 e. The van der Waals surface area contributed by atoms with E-state index in [1.807, 2.05) is 37.3 Å². The summed E-state index contributed by atoms with van der Waals surface area (Å²) in [5.74, 6) is -5.22. The average Bonchev–Trinajstić information content (AvgIpc) is 3.37. The third-order valence-corrected chi connectivity index (χ3v) is 7.66. The van der Waals surface area contributed by atoms with Crippen molar-refractivity contribution in [2.45, 2.75) is 45.0 Å². The highest BCUT2D eigenvalue weighted by molar-refractivity contribution is 5.95. The lowest BCUT2D eigenvalue weighted by atomic mass is 9.84. The molecule has 1 aliphatic heterocycles. The van der Waals surface area contributed by atoms with Gasteiger partial charge < -0.3 is 19.8 Å². The van der Waals surface area contributed by atoms with Gasteiger partial charge in [-0.05, 0) is 56.2 Å². The second-order valence-corrected chi connectivity index (χ2v) is 10.7. The maximum atomic E-state index is 13.1. The molecule has 1 saturated heterocycles. The number of para-hydroxylation sites is 1. The molecule has 10 nitrogen and oxygen atoms in total. The number of aromatic nitrogens is 1. The van der Waals surface area contributed by atoms with Gasteiger partial charge in [0, 0.05) is 41.2 Å². The van der Waals surface area contributed by atoms with E-state index >= 15 is 0 Å². The fourth-order valence-electron chi connectivity index (χ4n) is 5.17. The minimum absolute atomic E-state index is 0.0210. The lowest BCUT2D eigenvalue weighted by Gasteiger charge is -2.29. The van der Waals surface area contributed by atoms with Crippen LogP contribution in [0.1, 0.15) is 40.9 Å². The molecule has 226 valence electrons. The van der Waals surface area contributed by atoms with Crippen LogP contribution in [-0.4, -0.2) is 58.9 Å². The third-order valence-electron chi connectivity index (χ3n) is 7.66. The Morgan fingerprint density at radius 2 is 1.74 bits per heavy atom. The van der Waals surface area contributed by atoms with E-state index in [0.717, 1.165) is 28.6 Å². The summed E-state index contributed by atoms with van der Waals surface area (Å²) >= 11 is 0. The van der Waals surface area contributed by atoms with Crippen LogP contribution in [0, 0.1) is 18.8 Å². The summed E-state index contributed by atoms with van der Waals surface area (Å²) in [5, 5.41) is 3.67. The highest BCUT2D eigenvalue weighted by atomic mass is 19.4. The number of fused-ring (bicyclic) bond motifs is 1. The average molecular weight is 599 g/mol. The number of hydrogen-bond acceptors (Lipinski definition) is 7. The van der Waals surface area contributed by atoms with E-state index < -0.39 is 35.9 Å². The van der Waals surface area contributed by atoms with Crippen molar-refractivity contribution in [3.63, 3.8) is 0 Å². The lowest BCUT2D eigenvalue weighted by Crippen LogP contribution is -2.47. The zero-order chi connectivity index (χ0) is 30.7. The predicted molar refractivity (Wildman–Crippen MR) is 146 cm³/mol. The van der Waals surface area contributed by atoms with E-state index in [0.29, 0.717) is 18.6 Å². The summed E-state index contributed by atoms with van der Waals surface area (Å²) in [7, 11) is 0. The Hall–Kier alpha value is -4.68. The number of carbonyl (C=O) groups is 4. The maximum absolute atomic E-state index is 13.1. The fourth-order valence-corrected chi connectivity index (χ4v) is 5.17. The molecule has 2 fully saturated rings. The Labute approximate surface area is 244 Å². The van der Waals surface area contributed by atoms with E-state index in [1.54, 1.807) is 12.1 Å².